The Balaban J connectivity index is 2.07. The van der Waals surface area contributed by atoms with Gasteiger partial charge >= 0.3 is 5.97 Å². The molecule has 0 saturated heterocycles. The Labute approximate surface area is 186 Å². The molecule has 0 aliphatic heterocycles. The molecule has 172 valence electrons. The van der Waals surface area contributed by atoms with Gasteiger partial charge in [-0.1, -0.05) is 39.0 Å². The van der Waals surface area contributed by atoms with E-state index in [-0.39, 0.29) is 34.6 Å². The number of allylic oxidation sites excluding steroid dienone is 1. The summed E-state index contributed by atoms with van der Waals surface area (Å²) in [6, 6.07) is 6.58. The Morgan fingerprint density at radius 1 is 0.970 bits per heavy atom. The minimum absolute atomic E-state index is 0.0212. The predicted molar refractivity (Wildman–Crippen MR) is 114 cm³/mol. The molecule has 1 N–H and O–H groups in total. The van der Waals surface area contributed by atoms with Crippen LogP contribution in [0.5, 0.6) is 0 Å². The summed E-state index contributed by atoms with van der Waals surface area (Å²) < 4.78 is 70.0. The lowest BCUT2D eigenvalue weighted by Gasteiger charge is -2.36. The molecular formula is C25H20F5NO2. The van der Waals surface area contributed by atoms with Gasteiger partial charge < -0.3 is 5.11 Å². The number of halogens is 5. The summed E-state index contributed by atoms with van der Waals surface area (Å²) in [4.78, 5) is 16.8. The van der Waals surface area contributed by atoms with Crippen LogP contribution < -0.4 is 0 Å². The standard InChI is InChI=1S/C25H20F5NO2/c1-25(2,3)12-8-11(9-15-18(26)20(28)22(30)21(29)19(15)27)23-14(10-12)17(24(32)33)13-6-4-5-7-16(13)31-23/h4-7,9,12H,8,10H2,1-3H3,(H,32,33). The maximum atomic E-state index is 14.4. The summed E-state index contributed by atoms with van der Waals surface area (Å²) in [6.45, 7) is 5.81. The van der Waals surface area contributed by atoms with Crippen LogP contribution in [0.3, 0.4) is 0 Å². The molecule has 33 heavy (non-hydrogen) atoms. The van der Waals surface area contributed by atoms with E-state index in [0.29, 0.717) is 22.9 Å². The minimum Gasteiger partial charge on any atom is -0.478 e. The van der Waals surface area contributed by atoms with Crippen molar-refractivity contribution in [1.82, 2.24) is 4.98 Å². The number of para-hydroxylation sites is 1. The van der Waals surface area contributed by atoms with E-state index in [0.717, 1.165) is 6.08 Å². The Morgan fingerprint density at radius 3 is 2.12 bits per heavy atom. The highest BCUT2D eigenvalue weighted by Gasteiger charge is 2.36. The van der Waals surface area contributed by atoms with Crippen LogP contribution in [0.1, 0.15) is 54.4 Å². The molecule has 3 aromatic rings. The molecule has 0 radical (unpaired) electrons. The Kier molecular flexibility index (Phi) is 5.50. The zero-order chi connectivity index (χ0) is 24.2. The molecule has 0 bridgehead atoms. The van der Waals surface area contributed by atoms with Crippen molar-refractivity contribution in [3.63, 3.8) is 0 Å². The summed E-state index contributed by atoms with van der Waals surface area (Å²) in [5.41, 5.74) is -0.257. The van der Waals surface area contributed by atoms with Crippen molar-refractivity contribution in [1.29, 1.82) is 0 Å². The molecule has 1 heterocycles. The third kappa shape index (κ3) is 3.77. The van der Waals surface area contributed by atoms with Crippen LogP contribution in [-0.2, 0) is 6.42 Å². The van der Waals surface area contributed by atoms with Gasteiger partial charge in [-0.3, -0.25) is 0 Å². The average Bonchev–Trinajstić information content (AvgIpc) is 2.76. The predicted octanol–water partition coefficient (Wildman–Crippen LogP) is 6.78. The molecule has 0 fully saturated rings. The molecule has 1 atom stereocenters. The third-order valence-electron chi connectivity index (χ3n) is 6.22. The highest BCUT2D eigenvalue weighted by atomic mass is 19.2. The normalized spacial score (nSPS) is 17.5. The van der Waals surface area contributed by atoms with Gasteiger partial charge in [-0.2, -0.15) is 0 Å². The van der Waals surface area contributed by atoms with Crippen molar-refractivity contribution >= 4 is 28.5 Å². The third-order valence-corrected chi connectivity index (χ3v) is 6.22. The first-order valence-electron chi connectivity index (χ1n) is 10.3. The van der Waals surface area contributed by atoms with Crippen LogP contribution in [0.4, 0.5) is 22.0 Å². The van der Waals surface area contributed by atoms with Crippen LogP contribution in [-0.4, -0.2) is 16.1 Å². The first-order chi connectivity index (χ1) is 15.4. The van der Waals surface area contributed by atoms with E-state index in [2.05, 4.69) is 4.98 Å². The lowest BCUT2D eigenvalue weighted by atomic mass is 9.69. The Hall–Kier alpha value is -3.29. The van der Waals surface area contributed by atoms with Crippen LogP contribution in [0, 0.1) is 40.4 Å². The Morgan fingerprint density at radius 2 is 1.55 bits per heavy atom. The van der Waals surface area contributed by atoms with Gasteiger partial charge in [-0.25, -0.2) is 31.7 Å². The maximum absolute atomic E-state index is 14.4. The molecule has 0 amide bonds. The lowest BCUT2D eigenvalue weighted by Crippen LogP contribution is -2.28. The lowest BCUT2D eigenvalue weighted by molar-refractivity contribution is 0.0696. The van der Waals surface area contributed by atoms with E-state index in [4.69, 9.17) is 0 Å². The second-order valence-electron chi connectivity index (χ2n) is 9.26. The highest BCUT2D eigenvalue weighted by molar-refractivity contribution is 6.06. The number of pyridine rings is 1. The number of aromatic nitrogens is 1. The molecule has 2 aromatic carbocycles. The Bertz CT molecular complexity index is 1310. The van der Waals surface area contributed by atoms with Crippen LogP contribution in [0.2, 0.25) is 0 Å². The number of benzene rings is 2. The van der Waals surface area contributed by atoms with Gasteiger partial charge in [0.15, 0.2) is 23.3 Å². The summed E-state index contributed by atoms with van der Waals surface area (Å²) in [6.07, 6.45) is 1.47. The van der Waals surface area contributed by atoms with Crippen molar-refractivity contribution in [3.05, 3.63) is 75.7 Å². The molecule has 8 heteroatoms. The monoisotopic (exact) mass is 461 g/mol. The van der Waals surface area contributed by atoms with Gasteiger partial charge in [0.05, 0.1) is 22.3 Å². The fraction of sp³-hybridized carbons (Fsp3) is 0.280. The first kappa shape index (κ1) is 22.9. The topological polar surface area (TPSA) is 50.2 Å². The van der Waals surface area contributed by atoms with Crippen molar-refractivity contribution in [2.75, 3.05) is 0 Å². The molecule has 1 aliphatic rings. The van der Waals surface area contributed by atoms with Gasteiger partial charge in [0.25, 0.3) is 0 Å². The highest BCUT2D eigenvalue weighted by Crippen LogP contribution is 2.45. The maximum Gasteiger partial charge on any atom is 0.336 e. The molecular weight excluding hydrogens is 441 g/mol. The fourth-order valence-corrected chi connectivity index (χ4v) is 4.30. The second-order valence-corrected chi connectivity index (χ2v) is 9.26. The number of carboxylic acids is 1. The quantitative estimate of drug-likeness (QED) is 0.260. The van der Waals surface area contributed by atoms with Crippen LogP contribution in [0.15, 0.2) is 24.3 Å². The largest absolute Gasteiger partial charge is 0.478 e. The van der Waals surface area contributed by atoms with E-state index in [1.165, 1.54) is 0 Å². The van der Waals surface area contributed by atoms with E-state index in [1.807, 2.05) is 20.8 Å². The molecule has 0 saturated carbocycles. The van der Waals surface area contributed by atoms with Crippen LogP contribution >= 0.6 is 0 Å². The summed E-state index contributed by atoms with van der Waals surface area (Å²) in [5, 5.41) is 10.4. The molecule has 1 unspecified atom stereocenters. The number of rotatable bonds is 2. The number of hydrogen-bond acceptors (Lipinski definition) is 2. The van der Waals surface area contributed by atoms with Gasteiger partial charge in [0, 0.05) is 5.39 Å². The molecule has 3 nitrogen and oxygen atoms in total. The SMILES string of the molecule is CC(C)(C)C1CC(=Cc2c(F)c(F)c(F)c(F)c2F)c2nc3ccccc3c(C(=O)O)c2C1. The fourth-order valence-electron chi connectivity index (χ4n) is 4.30. The van der Waals surface area contributed by atoms with Gasteiger partial charge in [0.2, 0.25) is 5.82 Å². The van der Waals surface area contributed by atoms with Crippen molar-refractivity contribution in [2.24, 2.45) is 11.3 Å². The zero-order valence-electron chi connectivity index (χ0n) is 18.1. The number of aromatic carboxylic acids is 1. The van der Waals surface area contributed by atoms with Crippen LogP contribution in [0.25, 0.3) is 22.6 Å². The zero-order valence-corrected chi connectivity index (χ0v) is 18.1. The van der Waals surface area contributed by atoms with Gasteiger partial charge in [0.1, 0.15) is 0 Å². The number of nitrogens with zero attached hydrogens (tertiary/aromatic N) is 1. The number of carbonyl (C=O) groups is 1. The van der Waals surface area contributed by atoms with Gasteiger partial charge in [-0.05, 0) is 47.5 Å². The number of carboxylic acid groups (broad SMARTS) is 1. The minimum atomic E-state index is -2.24. The van der Waals surface area contributed by atoms with E-state index in [1.54, 1.807) is 24.3 Å². The average molecular weight is 461 g/mol. The second kappa shape index (κ2) is 7.93. The smallest absolute Gasteiger partial charge is 0.336 e. The molecule has 1 aromatic heterocycles. The van der Waals surface area contributed by atoms with E-state index >= 15 is 0 Å². The van der Waals surface area contributed by atoms with Gasteiger partial charge in [-0.15, -0.1) is 0 Å². The molecule has 1 aliphatic carbocycles. The molecule has 4 rings (SSSR count). The van der Waals surface area contributed by atoms with E-state index < -0.39 is 40.6 Å². The van der Waals surface area contributed by atoms with Crippen molar-refractivity contribution in [3.8, 4) is 0 Å². The summed E-state index contributed by atoms with van der Waals surface area (Å²) in [5.74, 6) is -11.6. The molecule has 0 spiro atoms. The number of hydrogen-bond donors (Lipinski definition) is 1. The number of fused-ring (bicyclic) bond motifs is 2. The van der Waals surface area contributed by atoms with Crippen molar-refractivity contribution in [2.45, 2.75) is 33.6 Å². The summed E-state index contributed by atoms with van der Waals surface area (Å²) in [7, 11) is 0. The van der Waals surface area contributed by atoms with E-state index in [9.17, 15) is 31.9 Å². The van der Waals surface area contributed by atoms with Crippen molar-refractivity contribution < 1.29 is 31.9 Å². The first-order valence-corrected chi connectivity index (χ1v) is 10.3. The summed E-state index contributed by atoms with van der Waals surface area (Å²) >= 11 is 0.